The van der Waals surface area contributed by atoms with Crippen LogP contribution in [0.5, 0.6) is 5.75 Å². The number of ether oxygens (including phenoxy) is 1. The number of rotatable bonds is 7. The summed E-state index contributed by atoms with van der Waals surface area (Å²) < 4.78 is 7.93. The first-order valence-electron chi connectivity index (χ1n) is 8.29. The van der Waals surface area contributed by atoms with Crippen LogP contribution in [0.3, 0.4) is 0 Å². The minimum Gasteiger partial charge on any atom is -0.488 e. The normalized spacial score (nSPS) is 10.7. The van der Waals surface area contributed by atoms with Crippen molar-refractivity contribution in [2.45, 2.75) is 26.5 Å². The molecule has 0 aliphatic heterocycles. The Morgan fingerprint density at radius 3 is 2.71 bits per heavy atom. The molecular weight excluding hydrogens is 300 g/mol. The lowest BCUT2D eigenvalue weighted by Crippen LogP contribution is -2.27. The lowest BCUT2D eigenvalue weighted by atomic mass is 10.2. The molecule has 0 spiro atoms. The summed E-state index contributed by atoms with van der Waals surface area (Å²) >= 11 is 0. The summed E-state index contributed by atoms with van der Waals surface area (Å²) in [4.78, 5) is 11.9. The van der Waals surface area contributed by atoms with Crippen LogP contribution >= 0.6 is 0 Å². The minimum absolute atomic E-state index is 0.0324. The van der Waals surface area contributed by atoms with E-state index in [1.54, 1.807) is 0 Å². The zero-order chi connectivity index (χ0) is 16.8. The first-order valence-corrected chi connectivity index (χ1v) is 8.29. The molecule has 4 heteroatoms. The van der Waals surface area contributed by atoms with Crippen molar-refractivity contribution in [3.05, 3.63) is 66.4 Å². The highest BCUT2D eigenvalue weighted by atomic mass is 16.5. The van der Waals surface area contributed by atoms with Crippen LogP contribution in [-0.4, -0.2) is 17.0 Å². The van der Waals surface area contributed by atoms with Crippen LogP contribution in [0.25, 0.3) is 10.9 Å². The van der Waals surface area contributed by atoms with Crippen molar-refractivity contribution in [2.75, 3.05) is 6.54 Å². The van der Waals surface area contributed by atoms with E-state index in [-0.39, 0.29) is 5.91 Å². The van der Waals surface area contributed by atoms with Gasteiger partial charge >= 0.3 is 0 Å². The lowest BCUT2D eigenvalue weighted by Gasteiger charge is -2.09. The van der Waals surface area contributed by atoms with Crippen molar-refractivity contribution in [1.82, 2.24) is 9.88 Å². The first kappa shape index (κ1) is 16.1. The molecule has 0 saturated carbocycles. The first-order chi connectivity index (χ1) is 11.8. The second-order valence-corrected chi connectivity index (χ2v) is 5.76. The molecule has 1 aromatic heterocycles. The zero-order valence-corrected chi connectivity index (χ0v) is 13.9. The number of hydrogen-bond donors (Lipinski definition) is 1. The van der Waals surface area contributed by atoms with Crippen molar-refractivity contribution >= 4 is 16.8 Å². The fraction of sp³-hybridized carbons (Fsp3) is 0.250. The summed E-state index contributed by atoms with van der Waals surface area (Å²) in [5, 5.41) is 3.93. The molecule has 124 valence electrons. The Bertz CT molecular complexity index is 809. The van der Waals surface area contributed by atoms with E-state index in [0.717, 1.165) is 28.6 Å². The molecule has 1 amide bonds. The Morgan fingerprint density at radius 2 is 1.92 bits per heavy atom. The van der Waals surface area contributed by atoms with Crippen LogP contribution in [0.15, 0.2) is 60.8 Å². The maximum absolute atomic E-state index is 11.9. The van der Waals surface area contributed by atoms with Crippen molar-refractivity contribution in [3.8, 4) is 5.75 Å². The quantitative estimate of drug-likeness (QED) is 0.720. The third kappa shape index (κ3) is 3.77. The molecule has 1 N–H and O–H groups in total. The van der Waals surface area contributed by atoms with Gasteiger partial charge in [-0.05, 0) is 30.2 Å². The van der Waals surface area contributed by atoms with E-state index in [9.17, 15) is 4.79 Å². The monoisotopic (exact) mass is 322 g/mol. The average molecular weight is 322 g/mol. The van der Waals surface area contributed by atoms with Gasteiger partial charge in [-0.25, -0.2) is 0 Å². The molecular formula is C20H22N2O2. The number of nitrogens with zero attached hydrogens (tertiary/aromatic N) is 1. The Labute approximate surface area is 142 Å². The van der Waals surface area contributed by atoms with E-state index in [1.807, 2.05) is 72.3 Å². The lowest BCUT2D eigenvalue weighted by molar-refractivity contribution is -0.121. The molecule has 0 aliphatic rings. The van der Waals surface area contributed by atoms with Gasteiger partial charge in [0.25, 0.3) is 0 Å². The molecule has 1 heterocycles. The van der Waals surface area contributed by atoms with Gasteiger partial charge in [-0.15, -0.1) is 0 Å². The van der Waals surface area contributed by atoms with Crippen LogP contribution in [0.1, 0.15) is 18.9 Å². The Kier molecular flexibility index (Phi) is 5.16. The van der Waals surface area contributed by atoms with Gasteiger partial charge in [0.1, 0.15) is 18.9 Å². The molecule has 3 rings (SSSR count). The number of carbonyl (C=O) groups is 1. The summed E-state index contributed by atoms with van der Waals surface area (Å²) in [5.41, 5.74) is 2.14. The number of aromatic nitrogens is 1. The van der Waals surface area contributed by atoms with Crippen LogP contribution in [0.4, 0.5) is 0 Å². The summed E-state index contributed by atoms with van der Waals surface area (Å²) in [6, 6.07) is 18.0. The van der Waals surface area contributed by atoms with Crippen LogP contribution in [0, 0.1) is 0 Å². The molecule has 0 atom stereocenters. The van der Waals surface area contributed by atoms with Gasteiger partial charge in [-0.2, -0.15) is 0 Å². The van der Waals surface area contributed by atoms with E-state index < -0.39 is 0 Å². The fourth-order valence-corrected chi connectivity index (χ4v) is 2.67. The van der Waals surface area contributed by atoms with Gasteiger partial charge in [0.15, 0.2) is 0 Å². The van der Waals surface area contributed by atoms with E-state index in [0.29, 0.717) is 19.7 Å². The Morgan fingerprint density at radius 1 is 1.08 bits per heavy atom. The molecule has 0 unspecified atom stereocenters. The third-order valence-corrected chi connectivity index (χ3v) is 3.90. The maximum atomic E-state index is 11.9. The number of hydrogen-bond acceptors (Lipinski definition) is 2. The van der Waals surface area contributed by atoms with Crippen molar-refractivity contribution < 1.29 is 9.53 Å². The standard InChI is InChI=1S/C20H22N2O2/c1-2-12-21-20(23)14-22-13-11-17-18(22)9-6-10-19(17)24-15-16-7-4-3-5-8-16/h3-11,13H,2,12,14-15H2,1H3,(H,21,23). The van der Waals surface area contributed by atoms with Gasteiger partial charge in [0.05, 0.1) is 5.52 Å². The predicted molar refractivity (Wildman–Crippen MR) is 96.0 cm³/mol. The van der Waals surface area contributed by atoms with Gasteiger partial charge < -0.3 is 14.6 Å². The number of nitrogens with one attached hydrogen (secondary N) is 1. The summed E-state index contributed by atoms with van der Waals surface area (Å²) in [6.07, 6.45) is 2.88. The highest BCUT2D eigenvalue weighted by Gasteiger charge is 2.09. The number of benzene rings is 2. The summed E-state index contributed by atoms with van der Waals surface area (Å²) in [6.45, 7) is 3.61. The molecule has 24 heavy (non-hydrogen) atoms. The largest absolute Gasteiger partial charge is 0.488 e. The van der Waals surface area contributed by atoms with Crippen LogP contribution in [-0.2, 0) is 17.9 Å². The van der Waals surface area contributed by atoms with Gasteiger partial charge in [0.2, 0.25) is 5.91 Å². The summed E-state index contributed by atoms with van der Waals surface area (Å²) in [5.74, 6) is 0.869. The van der Waals surface area contributed by atoms with E-state index in [4.69, 9.17) is 4.74 Å². The van der Waals surface area contributed by atoms with E-state index >= 15 is 0 Å². The van der Waals surface area contributed by atoms with E-state index in [2.05, 4.69) is 5.32 Å². The topological polar surface area (TPSA) is 43.3 Å². The molecule has 3 aromatic rings. The van der Waals surface area contributed by atoms with Crippen LogP contribution in [0.2, 0.25) is 0 Å². The van der Waals surface area contributed by atoms with Crippen molar-refractivity contribution in [2.24, 2.45) is 0 Å². The zero-order valence-electron chi connectivity index (χ0n) is 13.9. The second kappa shape index (κ2) is 7.68. The highest BCUT2D eigenvalue weighted by Crippen LogP contribution is 2.27. The molecule has 2 aromatic carbocycles. The molecule has 0 aliphatic carbocycles. The number of carbonyl (C=O) groups excluding carboxylic acids is 1. The Hall–Kier alpha value is -2.75. The minimum atomic E-state index is 0.0324. The van der Waals surface area contributed by atoms with Gasteiger partial charge in [0, 0.05) is 18.1 Å². The SMILES string of the molecule is CCCNC(=O)Cn1ccc2c(OCc3ccccc3)cccc21. The third-order valence-electron chi connectivity index (χ3n) is 3.90. The molecule has 0 bridgehead atoms. The maximum Gasteiger partial charge on any atom is 0.239 e. The van der Waals surface area contributed by atoms with Crippen LogP contribution < -0.4 is 10.1 Å². The van der Waals surface area contributed by atoms with Gasteiger partial charge in [-0.3, -0.25) is 4.79 Å². The highest BCUT2D eigenvalue weighted by molar-refractivity contribution is 5.88. The predicted octanol–water partition coefficient (Wildman–Crippen LogP) is 3.75. The Balaban J connectivity index is 1.75. The number of amides is 1. The smallest absolute Gasteiger partial charge is 0.239 e. The molecule has 0 radical (unpaired) electrons. The van der Waals surface area contributed by atoms with Gasteiger partial charge in [-0.1, -0.05) is 43.3 Å². The average Bonchev–Trinajstić information content (AvgIpc) is 3.02. The van der Waals surface area contributed by atoms with E-state index in [1.165, 1.54) is 0 Å². The second-order valence-electron chi connectivity index (χ2n) is 5.76. The fourth-order valence-electron chi connectivity index (χ4n) is 2.67. The summed E-state index contributed by atoms with van der Waals surface area (Å²) in [7, 11) is 0. The number of fused-ring (bicyclic) bond motifs is 1. The molecule has 0 saturated heterocycles. The van der Waals surface area contributed by atoms with Crippen molar-refractivity contribution in [3.63, 3.8) is 0 Å². The van der Waals surface area contributed by atoms with Crippen molar-refractivity contribution in [1.29, 1.82) is 0 Å². The molecule has 4 nitrogen and oxygen atoms in total. The molecule has 0 fully saturated rings.